The van der Waals surface area contributed by atoms with Crippen molar-refractivity contribution in [2.24, 2.45) is 5.92 Å². The highest BCUT2D eigenvalue weighted by Gasteiger charge is 1.89. The first kappa shape index (κ1) is 7.70. The van der Waals surface area contributed by atoms with E-state index in [-0.39, 0.29) is 0 Å². The topological polar surface area (TPSA) is 23.9 Å². The summed E-state index contributed by atoms with van der Waals surface area (Å²) in [5.74, 6) is 0.324. The summed E-state index contributed by atoms with van der Waals surface area (Å²) in [6.07, 6.45) is 4.13. The second-order valence-electron chi connectivity index (χ2n) is 1.74. The van der Waals surface area contributed by atoms with Crippen molar-refractivity contribution >= 4 is 17.8 Å². The van der Waals surface area contributed by atoms with Gasteiger partial charge in [0.15, 0.2) is 0 Å². The third-order valence-corrected chi connectivity index (χ3v) is 1.06. The van der Waals surface area contributed by atoms with Crippen LogP contribution in [0, 0.1) is 11.3 Å². The van der Waals surface area contributed by atoms with Crippen molar-refractivity contribution in [1.82, 2.24) is 0 Å². The fraction of sp³-hybridized carbons (Fsp3) is 0.500. The average Bonchev–Trinajstić information content (AvgIpc) is 1.83. The first-order valence-electron chi connectivity index (χ1n) is 2.57. The Kier molecular flexibility index (Phi) is 4.67. The molecule has 1 nitrogen and oxygen atoms in total. The van der Waals surface area contributed by atoms with E-state index in [4.69, 9.17) is 17.0 Å². The number of hydrogen-bond acceptors (Lipinski definition) is 1. The zero-order valence-electron chi connectivity index (χ0n) is 4.89. The fourth-order valence-corrected chi connectivity index (χ4v) is 0.437. The molecule has 46 valence electrons. The van der Waals surface area contributed by atoms with Crippen molar-refractivity contribution < 1.29 is 0 Å². The minimum atomic E-state index is 0.324. The molecule has 2 heteroatoms. The largest absolute Gasteiger partial charge is 0.313 e. The van der Waals surface area contributed by atoms with Gasteiger partial charge in [0.2, 0.25) is 0 Å². The minimum absolute atomic E-state index is 0.324. The summed E-state index contributed by atoms with van der Waals surface area (Å²) in [6, 6.07) is 0. The summed E-state index contributed by atoms with van der Waals surface area (Å²) in [4.78, 5) is 0. The van der Waals surface area contributed by atoms with Crippen molar-refractivity contribution in [2.45, 2.75) is 13.3 Å². The molecule has 0 amide bonds. The molecule has 1 atom stereocenters. The first-order valence-corrected chi connectivity index (χ1v) is 3.00. The van der Waals surface area contributed by atoms with E-state index < -0.39 is 0 Å². The van der Waals surface area contributed by atoms with Crippen LogP contribution >= 0.6 is 11.6 Å². The molecule has 0 aromatic heterocycles. The summed E-state index contributed by atoms with van der Waals surface area (Å²) in [5, 5.41) is 6.79. The summed E-state index contributed by atoms with van der Waals surface area (Å²) in [5.41, 5.74) is 1.49. The monoisotopic (exact) mass is 131 g/mol. The van der Waals surface area contributed by atoms with Gasteiger partial charge in [0, 0.05) is 5.54 Å². The maximum atomic E-state index is 6.79. The van der Waals surface area contributed by atoms with E-state index in [1.165, 1.54) is 11.7 Å². The predicted octanol–water partition coefficient (Wildman–Crippen LogP) is 2.41. The van der Waals surface area contributed by atoms with Crippen molar-refractivity contribution in [3.63, 3.8) is 0 Å². The molecule has 0 aromatic carbocycles. The molecule has 0 bridgehead atoms. The van der Waals surface area contributed by atoms with E-state index >= 15 is 0 Å². The van der Waals surface area contributed by atoms with Crippen molar-refractivity contribution in [3.05, 3.63) is 11.6 Å². The van der Waals surface area contributed by atoms with Crippen molar-refractivity contribution in [2.75, 3.05) is 0 Å². The lowest BCUT2D eigenvalue weighted by atomic mass is 10.1. The van der Waals surface area contributed by atoms with Gasteiger partial charge in [0.1, 0.15) is 0 Å². The maximum absolute atomic E-state index is 6.79. The van der Waals surface area contributed by atoms with Gasteiger partial charge in [-0.2, -0.15) is 0 Å². The standard InChI is InChI=1S/C6H10ClN/c1-6(5-8)3-2-4-7/h2,4-6,8H,3H2,1H3/b4-2+,8-5?. The van der Waals surface area contributed by atoms with Gasteiger partial charge in [0.25, 0.3) is 0 Å². The molecule has 0 saturated carbocycles. The Labute approximate surface area is 54.9 Å². The van der Waals surface area contributed by atoms with E-state index in [1.54, 1.807) is 0 Å². The van der Waals surface area contributed by atoms with Crippen LogP contribution in [-0.4, -0.2) is 6.21 Å². The van der Waals surface area contributed by atoms with Gasteiger partial charge in [-0.3, -0.25) is 0 Å². The SMILES string of the molecule is CC(C=N)C/C=C/Cl. The molecule has 0 aliphatic rings. The second kappa shape index (κ2) is 4.85. The molecule has 0 heterocycles. The summed E-state index contributed by atoms with van der Waals surface area (Å²) >= 11 is 5.25. The molecule has 0 fully saturated rings. The first-order chi connectivity index (χ1) is 3.81. The van der Waals surface area contributed by atoms with Crippen LogP contribution in [0.3, 0.4) is 0 Å². The maximum Gasteiger partial charge on any atom is 0.000268 e. The Morgan fingerprint density at radius 2 is 2.38 bits per heavy atom. The van der Waals surface area contributed by atoms with Crippen LogP contribution in [-0.2, 0) is 0 Å². The summed E-state index contributed by atoms with van der Waals surface area (Å²) in [7, 11) is 0. The van der Waals surface area contributed by atoms with Crippen LogP contribution in [0.4, 0.5) is 0 Å². The number of nitrogens with one attached hydrogen (secondary N) is 1. The number of rotatable bonds is 3. The van der Waals surface area contributed by atoms with Gasteiger partial charge in [-0.05, 0) is 18.6 Å². The molecule has 0 aliphatic heterocycles. The van der Waals surface area contributed by atoms with E-state index in [2.05, 4.69) is 0 Å². The molecule has 0 spiro atoms. The molecular weight excluding hydrogens is 122 g/mol. The van der Waals surface area contributed by atoms with E-state index in [1.807, 2.05) is 13.0 Å². The highest BCUT2D eigenvalue weighted by atomic mass is 35.5. The molecular formula is C6H10ClN. The third kappa shape index (κ3) is 3.88. The van der Waals surface area contributed by atoms with E-state index in [0.717, 1.165) is 6.42 Å². The lowest BCUT2D eigenvalue weighted by Crippen LogP contribution is -1.90. The van der Waals surface area contributed by atoms with E-state index in [9.17, 15) is 0 Å². The van der Waals surface area contributed by atoms with Gasteiger partial charge < -0.3 is 5.41 Å². The average molecular weight is 132 g/mol. The van der Waals surface area contributed by atoms with Crippen LogP contribution in [0.1, 0.15) is 13.3 Å². The summed E-state index contributed by atoms with van der Waals surface area (Å²) in [6.45, 7) is 1.98. The minimum Gasteiger partial charge on any atom is -0.313 e. The zero-order chi connectivity index (χ0) is 6.41. The molecule has 0 saturated heterocycles. The van der Waals surface area contributed by atoms with Gasteiger partial charge in [-0.15, -0.1) is 0 Å². The quantitative estimate of drug-likeness (QED) is 0.569. The Balaban J connectivity index is 3.23. The Bertz CT molecular complexity index is 88.5. The predicted molar refractivity (Wildman–Crippen MR) is 37.6 cm³/mol. The fourth-order valence-electron chi connectivity index (χ4n) is 0.334. The van der Waals surface area contributed by atoms with Gasteiger partial charge in [-0.25, -0.2) is 0 Å². The number of hydrogen-bond donors (Lipinski definition) is 1. The zero-order valence-corrected chi connectivity index (χ0v) is 5.65. The molecule has 0 aliphatic carbocycles. The van der Waals surface area contributed by atoms with Crippen LogP contribution < -0.4 is 0 Å². The van der Waals surface area contributed by atoms with E-state index in [0.29, 0.717) is 5.92 Å². The molecule has 1 N–H and O–H groups in total. The van der Waals surface area contributed by atoms with Crippen LogP contribution in [0.15, 0.2) is 11.6 Å². The smallest absolute Gasteiger partial charge is 0.000268 e. The van der Waals surface area contributed by atoms with Crippen LogP contribution in [0.2, 0.25) is 0 Å². The lowest BCUT2D eigenvalue weighted by Gasteiger charge is -1.94. The Morgan fingerprint density at radius 1 is 1.75 bits per heavy atom. The number of halogens is 1. The van der Waals surface area contributed by atoms with Crippen LogP contribution in [0.25, 0.3) is 0 Å². The van der Waals surface area contributed by atoms with Crippen molar-refractivity contribution in [3.8, 4) is 0 Å². The van der Waals surface area contributed by atoms with Crippen LogP contribution in [0.5, 0.6) is 0 Å². The molecule has 0 aromatic rings. The molecule has 0 rings (SSSR count). The van der Waals surface area contributed by atoms with Crippen molar-refractivity contribution in [1.29, 1.82) is 5.41 Å². The normalized spacial score (nSPS) is 14.2. The molecule has 1 unspecified atom stereocenters. The number of allylic oxidation sites excluding steroid dienone is 1. The highest BCUT2D eigenvalue weighted by molar-refractivity contribution is 6.25. The molecule has 0 radical (unpaired) electrons. The Morgan fingerprint density at radius 3 is 2.75 bits per heavy atom. The highest BCUT2D eigenvalue weighted by Crippen LogP contribution is 1.98. The summed E-state index contributed by atoms with van der Waals surface area (Å²) < 4.78 is 0. The second-order valence-corrected chi connectivity index (χ2v) is 1.99. The van der Waals surface area contributed by atoms with Gasteiger partial charge in [0.05, 0.1) is 0 Å². The lowest BCUT2D eigenvalue weighted by molar-refractivity contribution is 0.805. The Hall–Kier alpha value is -0.300. The van der Waals surface area contributed by atoms with Gasteiger partial charge in [-0.1, -0.05) is 24.6 Å². The third-order valence-electron chi connectivity index (χ3n) is 0.881. The van der Waals surface area contributed by atoms with Gasteiger partial charge >= 0.3 is 0 Å². The molecule has 8 heavy (non-hydrogen) atoms.